The molecule has 0 spiro atoms. The van der Waals surface area contributed by atoms with E-state index in [-0.39, 0.29) is 16.9 Å². The average molecular weight is 309 g/mol. The summed E-state index contributed by atoms with van der Waals surface area (Å²) in [6.07, 6.45) is -4.52. The molecule has 0 unspecified atom stereocenters. The molecule has 0 radical (unpaired) electrons. The zero-order valence-corrected chi connectivity index (χ0v) is 12.7. The molecule has 2 nitrogen and oxygen atoms in total. The normalized spacial score (nSPS) is 12.3. The molecule has 0 aliphatic heterocycles. The lowest BCUT2D eigenvalue weighted by Crippen LogP contribution is -2.11. The van der Waals surface area contributed by atoms with Gasteiger partial charge in [-0.15, -0.1) is 0 Å². The van der Waals surface area contributed by atoms with Gasteiger partial charge in [0.15, 0.2) is 0 Å². The summed E-state index contributed by atoms with van der Waals surface area (Å²) in [5, 5.41) is 0. The maximum Gasteiger partial charge on any atom is 0.420 e. The van der Waals surface area contributed by atoms with Crippen molar-refractivity contribution in [3.05, 3.63) is 53.6 Å². The molecule has 2 N–H and O–H groups in total. The Hall–Kier alpha value is -2.17. The van der Waals surface area contributed by atoms with Crippen molar-refractivity contribution in [3.8, 4) is 11.5 Å². The molecule has 0 aliphatic rings. The predicted octanol–water partition coefficient (Wildman–Crippen LogP) is 5.38. The van der Waals surface area contributed by atoms with Gasteiger partial charge in [0.2, 0.25) is 0 Å². The second kappa shape index (κ2) is 5.55. The Bertz CT molecular complexity index is 672. The van der Waals surface area contributed by atoms with Crippen LogP contribution in [0.1, 0.15) is 31.9 Å². The zero-order valence-electron chi connectivity index (χ0n) is 12.7. The second-order valence-corrected chi connectivity index (χ2v) is 6.13. The third kappa shape index (κ3) is 3.72. The summed E-state index contributed by atoms with van der Waals surface area (Å²) in [7, 11) is 0. The minimum absolute atomic E-state index is 0.0446. The van der Waals surface area contributed by atoms with E-state index in [4.69, 9.17) is 10.5 Å². The van der Waals surface area contributed by atoms with E-state index in [9.17, 15) is 13.2 Å². The van der Waals surface area contributed by atoms with E-state index in [0.29, 0.717) is 5.75 Å². The Balaban J connectivity index is 2.40. The van der Waals surface area contributed by atoms with Gasteiger partial charge in [-0.05, 0) is 41.3 Å². The van der Waals surface area contributed by atoms with E-state index in [1.54, 1.807) is 18.2 Å². The summed E-state index contributed by atoms with van der Waals surface area (Å²) >= 11 is 0. The maximum atomic E-state index is 13.1. The summed E-state index contributed by atoms with van der Waals surface area (Å²) in [5.41, 5.74) is 5.47. The van der Waals surface area contributed by atoms with Crippen molar-refractivity contribution in [3.63, 3.8) is 0 Å². The number of benzene rings is 2. The highest BCUT2D eigenvalue weighted by molar-refractivity contribution is 5.50. The standard InChI is InChI=1S/C17H18F3NO/c1-16(2,3)11-5-4-6-13(9-11)22-15-8-7-12(21)10-14(15)17(18,19)20/h4-10H,21H2,1-3H3. The van der Waals surface area contributed by atoms with Gasteiger partial charge < -0.3 is 10.5 Å². The number of nitrogen functional groups attached to an aromatic ring is 1. The molecule has 0 saturated carbocycles. The van der Waals surface area contributed by atoms with Gasteiger partial charge in [-0.3, -0.25) is 0 Å². The smallest absolute Gasteiger partial charge is 0.420 e. The van der Waals surface area contributed by atoms with E-state index in [1.807, 2.05) is 26.8 Å². The van der Waals surface area contributed by atoms with Crippen LogP contribution in [-0.4, -0.2) is 0 Å². The SMILES string of the molecule is CC(C)(C)c1cccc(Oc2ccc(N)cc2C(F)(F)F)c1. The highest BCUT2D eigenvalue weighted by Gasteiger charge is 2.34. The molecule has 0 fully saturated rings. The van der Waals surface area contributed by atoms with E-state index in [2.05, 4.69) is 0 Å². The predicted molar refractivity (Wildman–Crippen MR) is 81.1 cm³/mol. The van der Waals surface area contributed by atoms with Crippen LogP contribution >= 0.6 is 0 Å². The van der Waals surface area contributed by atoms with Crippen LogP contribution in [0, 0.1) is 0 Å². The Morgan fingerprint density at radius 2 is 1.64 bits per heavy atom. The van der Waals surface area contributed by atoms with Crippen molar-refractivity contribution >= 4 is 5.69 Å². The van der Waals surface area contributed by atoms with E-state index < -0.39 is 11.7 Å². The highest BCUT2D eigenvalue weighted by Crippen LogP contribution is 2.39. The largest absolute Gasteiger partial charge is 0.457 e. The van der Waals surface area contributed by atoms with Crippen LogP contribution in [0.5, 0.6) is 11.5 Å². The fourth-order valence-corrected chi connectivity index (χ4v) is 2.01. The molecule has 2 aromatic carbocycles. The number of nitrogens with two attached hydrogens (primary N) is 1. The molecule has 22 heavy (non-hydrogen) atoms. The molecule has 0 aliphatic carbocycles. The van der Waals surface area contributed by atoms with Crippen molar-refractivity contribution in [2.75, 3.05) is 5.73 Å². The Kier molecular flexibility index (Phi) is 4.09. The molecular weight excluding hydrogens is 291 g/mol. The van der Waals surface area contributed by atoms with Gasteiger partial charge in [0.1, 0.15) is 17.1 Å². The van der Waals surface area contributed by atoms with Crippen molar-refractivity contribution < 1.29 is 17.9 Å². The molecule has 0 saturated heterocycles. The molecule has 0 amide bonds. The minimum Gasteiger partial charge on any atom is -0.457 e. The van der Waals surface area contributed by atoms with Crippen molar-refractivity contribution in [1.29, 1.82) is 0 Å². The lowest BCUT2D eigenvalue weighted by Gasteiger charge is -2.20. The molecular formula is C17H18F3NO. The second-order valence-electron chi connectivity index (χ2n) is 6.13. The van der Waals surface area contributed by atoms with Crippen LogP contribution in [0.25, 0.3) is 0 Å². The average Bonchev–Trinajstić information content (AvgIpc) is 2.39. The van der Waals surface area contributed by atoms with Crippen LogP contribution in [0.4, 0.5) is 18.9 Å². The van der Waals surface area contributed by atoms with Gasteiger partial charge in [-0.1, -0.05) is 32.9 Å². The molecule has 0 heterocycles. The number of halogens is 3. The van der Waals surface area contributed by atoms with Crippen LogP contribution in [-0.2, 0) is 11.6 Å². The first-order valence-corrected chi connectivity index (χ1v) is 6.82. The zero-order chi connectivity index (χ0) is 16.5. The van der Waals surface area contributed by atoms with Crippen LogP contribution in [0.3, 0.4) is 0 Å². The number of hydrogen-bond acceptors (Lipinski definition) is 2. The molecule has 2 aromatic rings. The molecule has 2 rings (SSSR count). The molecule has 0 bridgehead atoms. The maximum absolute atomic E-state index is 13.1. The monoisotopic (exact) mass is 309 g/mol. The third-order valence-electron chi connectivity index (χ3n) is 3.24. The Morgan fingerprint density at radius 3 is 2.23 bits per heavy atom. The summed E-state index contributed by atoms with van der Waals surface area (Å²) in [4.78, 5) is 0. The molecule has 118 valence electrons. The first-order chi connectivity index (χ1) is 10.1. The van der Waals surface area contributed by atoms with Crippen molar-refractivity contribution in [2.24, 2.45) is 0 Å². The van der Waals surface area contributed by atoms with E-state index in [0.717, 1.165) is 11.6 Å². The topological polar surface area (TPSA) is 35.2 Å². The van der Waals surface area contributed by atoms with Gasteiger partial charge in [0, 0.05) is 5.69 Å². The number of rotatable bonds is 2. The van der Waals surface area contributed by atoms with Gasteiger partial charge in [-0.25, -0.2) is 0 Å². The van der Waals surface area contributed by atoms with Crippen LogP contribution < -0.4 is 10.5 Å². The molecule has 0 aromatic heterocycles. The highest BCUT2D eigenvalue weighted by atomic mass is 19.4. The third-order valence-corrected chi connectivity index (χ3v) is 3.24. The fourth-order valence-electron chi connectivity index (χ4n) is 2.01. The summed E-state index contributed by atoms with van der Waals surface area (Å²) in [5.74, 6) is 0.107. The number of anilines is 1. The minimum atomic E-state index is -4.52. The van der Waals surface area contributed by atoms with Crippen molar-refractivity contribution in [1.82, 2.24) is 0 Å². The van der Waals surface area contributed by atoms with Crippen molar-refractivity contribution in [2.45, 2.75) is 32.4 Å². The van der Waals surface area contributed by atoms with Gasteiger partial charge in [-0.2, -0.15) is 13.2 Å². The summed E-state index contributed by atoms with van der Waals surface area (Å²) < 4.78 is 44.6. The molecule has 0 atom stereocenters. The van der Waals surface area contributed by atoms with E-state index in [1.165, 1.54) is 12.1 Å². The Labute approximate surface area is 127 Å². The quantitative estimate of drug-likeness (QED) is 0.756. The van der Waals surface area contributed by atoms with Crippen LogP contribution in [0.15, 0.2) is 42.5 Å². The lowest BCUT2D eigenvalue weighted by atomic mass is 9.87. The number of alkyl halides is 3. The Morgan fingerprint density at radius 1 is 0.955 bits per heavy atom. The van der Waals surface area contributed by atoms with Crippen LogP contribution in [0.2, 0.25) is 0 Å². The first kappa shape index (κ1) is 16.2. The lowest BCUT2D eigenvalue weighted by molar-refractivity contribution is -0.138. The fraction of sp³-hybridized carbons (Fsp3) is 0.294. The van der Waals surface area contributed by atoms with Gasteiger partial charge in [0.05, 0.1) is 0 Å². The summed E-state index contributed by atoms with van der Waals surface area (Å²) in [6, 6.07) is 10.6. The first-order valence-electron chi connectivity index (χ1n) is 6.82. The number of hydrogen-bond donors (Lipinski definition) is 1. The summed E-state index contributed by atoms with van der Waals surface area (Å²) in [6.45, 7) is 6.07. The number of ether oxygens (including phenoxy) is 1. The van der Waals surface area contributed by atoms with E-state index >= 15 is 0 Å². The molecule has 5 heteroatoms. The van der Waals surface area contributed by atoms with Gasteiger partial charge in [0.25, 0.3) is 0 Å². The van der Waals surface area contributed by atoms with Gasteiger partial charge >= 0.3 is 6.18 Å².